The molecule has 19 heavy (non-hydrogen) atoms. The quantitative estimate of drug-likeness (QED) is 0.817. The van der Waals surface area contributed by atoms with Crippen LogP contribution in [-0.2, 0) is 0 Å². The first kappa shape index (κ1) is 13.6. The molecule has 1 fully saturated rings. The van der Waals surface area contributed by atoms with Gasteiger partial charge in [0, 0.05) is 20.3 Å². The first-order chi connectivity index (χ1) is 8.99. The minimum absolute atomic E-state index is 0.0150. The average molecular weight is 264 g/mol. The molecule has 1 aromatic heterocycles. The predicted octanol–water partition coefficient (Wildman–Crippen LogP) is 2.11. The summed E-state index contributed by atoms with van der Waals surface area (Å²) in [5.41, 5.74) is 0.502. The molecule has 1 aliphatic rings. The summed E-state index contributed by atoms with van der Waals surface area (Å²) in [6, 6.07) is 1.67. The summed E-state index contributed by atoms with van der Waals surface area (Å²) < 4.78 is 11.5. The van der Waals surface area contributed by atoms with Crippen molar-refractivity contribution in [3.63, 3.8) is 0 Å². The van der Waals surface area contributed by atoms with Crippen molar-refractivity contribution in [2.75, 3.05) is 14.1 Å². The molecule has 0 aromatic carbocycles. The SMILES string of the molecule is CC(C)Oc1nccc(C(=O)N(C)C)c1OC1CC1. The van der Waals surface area contributed by atoms with Crippen molar-refractivity contribution < 1.29 is 14.3 Å². The molecule has 0 bridgehead atoms. The lowest BCUT2D eigenvalue weighted by Gasteiger charge is -2.18. The summed E-state index contributed by atoms with van der Waals surface area (Å²) in [6.07, 6.45) is 3.79. The highest BCUT2D eigenvalue weighted by atomic mass is 16.5. The van der Waals surface area contributed by atoms with Crippen LogP contribution in [0.4, 0.5) is 0 Å². The van der Waals surface area contributed by atoms with Gasteiger partial charge in [-0.05, 0) is 32.8 Å². The third kappa shape index (κ3) is 3.36. The highest BCUT2D eigenvalue weighted by Gasteiger charge is 2.29. The lowest BCUT2D eigenvalue weighted by Crippen LogP contribution is -2.23. The van der Waals surface area contributed by atoms with Gasteiger partial charge >= 0.3 is 0 Å². The van der Waals surface area contributed by atoms with E-state index < -0.39 is 0 Å². The number of ether oxygens (including phenoxy) is 2. The van der Waals surface area contributed by atoms with Crippen molar-refractivity contribution in [3.8, 4) is 11.6 Å². The molecule has 1 aromatic rings. The standard InChI is InChI=1S/C14H20N2O3/c1-9(2)18-13-12(19-10-5-6-10)11(7-8-15-13)14(17)16(3)4/h7-10H,5-6H2,1-4H3. The van der Waals surface area contributed by atoms with Gasteiger partial charge in [-0.2, -0.15) is 0 Å². The Balaban J connectivity index is 2.36. The average Bonchev–Trinajstić information content (AvgIpc) is 3.13. The van der Waals surface area contributed by atoms with E-state index >= 15 is 0 Å². The van der Waals surface area contributed by atoms with Crippen LogP contribution in [0.15, 0.2) is 12.3 Å². The highest BCUT2D eigenvalue weighted by Crippen LogP contribution is 2.35. The Morgan fingerprint density at radius 2 is 2.11 bits per heavy atom. The Labute approximate surface area is 113 Å². The summed E-state index contributed by atoms with van der Waals surface area (Å²) in [4.78, 5) is 17.9. The molecule has 1 heterocycles. The lowest BCUT2D eigenvalue weighted by molar-refractivity contribution is 0.0820. The zero-order chi connectivity index (χ0) is 14.0. The summed E-state index contributed by atoms with van der Waals surface area (Å²) in [6.45, 7) is 3.84. The maximum absolute atomic E-state index is 12.2. The number of carbonyl (C=O) groups excluding carboxylic acids is 1. The van der Waals surface area contributed by atoms with Crippen molar-refractivity contribution in [2.45, 2.75) is 38.9 Å². The fourth-order valence-electron chi connectivity index (χ4n) is 1.61. The molecule has 1 saturated carbocycles. The van der Waals surface area contributed by atoms with E-state index in [1.807, 2.05) is 13.8 Å². The fraction of sp³-hybridized carbons (Fsp3) is 0.571. The van der Waals surface area contributed by atoms with Crippen molar-refractivity contribution in [1.82, 2.24) is 9.88 Å². The second kappa shape index (κ2) is 5.47. The molecule has 2 rings (SSSR count). The van der Waals surface area contributed by atoms with Crippen LogP contribution in [0, 0.1) is 0 Å². The molecule has 0 radical (unpaired) electrons. The zero-order valence-electron chi connectivity index (χ0n) is 11.8. The maximum Gasteiger partial charge on any atom is 0.258 e. The van der Waals surface area contributed by atoms with E-state index in [-0.39, 0.29) is 18.1 Å². The molecule has 0 spiro atoms. The summed E-state index contributed by atoms with van der Waals surface area (Å²) in [7, 11) is 3.43. The van der Waals surface area contributed by atoms with Crippen molar-refractivity contribution in [1.29, 1.82) is 0 Å². The van der Waals surface area contributed by atoms with Gasteiger partial charge in [0.05, 0.1) is 17.8 Å². The Morgan fingerprint density at radius 1 is 1.42 bits per heavy atom. The number of pyridine rings is 1. The highest BCUT2D eigenvalue weighted by molar-refractivity contribution is 5.97. The molecule has 104 valence electrons. The van der Waals surface area contributed by atoms with E-state index in [1.54, 1.807) is 26.4 Å². The van der Waals surface area contributed by atoms with E-state index in [1.165, 1.54) is 4.90 Å². The van der Waals surface area contributed by atoms with Gasteiger partial charge in [0.1, 0.15) is 0 Å². The number of amides is 1. The summed E-state index contributed by atoms with van der Waals surface area (Å²) in [5.74, 6) is 0.763. The van der Waals surface area contributed by atoms with Crippen LogP contribution in [0.2, 0.25) is 0 Å². The van der Waals surface area contributed by atoms with Gasteiger partial charge in [-0.1, -0.05) is 0 Å². The number of hydrogen-bond acceptors (Lipinski definition) is 4. The number of nitrogens with zero attached hydrogens (tertiary/aromatic N) is 2. The van der Waals surface area contributed by atoms with Crippen LogP contribution >= 0.6 is 0 Å². The van der Waals surface area contributed by atoms with Crippen LogP contribution in [0.1, 0.15) is 37.0 Å². The lowest BCUT2D eigenvalue weighted by atomic mass is 10.2. The van der Waals surface area contributed by atoms with Crippen molar-refractivity contribution in [3.05, 3.63) is 17.8 Å². The fourth-order valence-corrected chi connectivity index (χ4v) is 1.61. The minimum atomic E-state index is -0.105. The van der Waals surface area contributed by atoms with Gasteiger partial charge in [0.25, 0.3) is 11.8 Å². The number of rotatable bonds is 5. The van der Waals surface area contributed by atoms with Crippen molar-refractivity contribution >= 4 is 5.91 Å². The van der Waals surface area contributed by atoms with Gasteiger partial charge in [-0.3, -0.25) is 4.79 Å². The van der Waals surface area contributed by atoms with Gasteiger partial charge in [0.2, 0.25) is 0 Å². The second-order valence-electron chi connectivity index (χ2n) is 5.18. The van der Waals surface area contributed by atoms with Gasteiger partial charge in [-0.15, -0.1) is 0 Å². The van der Waals surface area contributed by atoms with Crippen LogP contribution in [0.25, 0.3) is 0 Å². The molecule has 0 saturated heterocycles. The number of aromatic nitrogens is 1. The Morgan fingerprint density at radius 3 is 2.63 bits per heavy atom. The van der Waals surface area contributed by atoms with Gasteiger partial charge < -0.3 is 14.4 Å². The summed E-state index contributed by atoms with van der Waals surface area (Å²) in [5, 5.41) is 0. The van der Waals surface area contributed by atoms with E-state index in [0.29, 0.717) is 17.2 Å². The molecule has 5 nitrogen and oxygen atoms in total. The van der Waals surface area contributed by atoms with Crippen LogP contribution < -0.4 is 9.47 Å². The van der Waals surface area contributed by atoms with Crippen LogP contribution in [-0.4, -0.2) is 42.1 Å². The first-order valence-corrected chi connectivity index (χ1v) is 6.53. The Kier molecular flexibility index (Phi) is 3.93. The normalized spacial score (nSPS) is 14.4. The molecule has 0 atom stereocenters. The topological polar surface area (TPSA) is 51.7 Å². The maximum atomic E-state index is 12.2. The van der Waals surface area contributed by atoms with Crippen LogP contribution in [0.3, 0.4) is 0 Å². The largest absolute Gasteiger partial charge is 0.484 e. The summed E-state index contributed by atoms with van der Waals surface area (Å²) >= 11 is 0. The third-order valence-electron chi connectivity index (χ3n) is 2.66. The van der Waals surface area contributed by atoms with Crippen LogP contribution in [0.5, 0.6) is 11.6 Å². The van der Waals surface area contributed by atoms with E-state index in [2.05, 4.69) is 4.98 Å². The first-order valence-electron chi connectivity index (χ1n) is 6.53. The van der Waals surface area contributed by atoms with E-state index in [4.69, 9.17) is 9.47 Å². The molecule has 1 aliphatic carbocycles. The molecule has 5 heteroatoms. The number of carbonyl (C=O) groups is 1. The van der Waals surface area contributed by atoms with E-state index in [0.717, 1.165) is 12.8 Å². The van der Waals surface area contributed by atoms with Gasteiger partial charge in [0.15, 0.2) is 5.75 Å². The molecule has 0 N–H and O–H groups in total. The Hall–Kier alpha value is -1.78. The Bertz CT molecular complexity index is 468. The number of hydrogen-bond donors (Lipinski definition) is 0. The molecule has 0 aliphatic heterocycles. The smallest absolute Gasteiger partial charge is 0.258 e. The minimum Gasteiger partial charge on any atom is -0.484 e. The van der Waals surface area contributed by atoms with Gasteiger partial charge in [-0.25, -0.2) is 4.98 Å². The monoisotopic (exact) mass is 264 g/mol. The molecular formula is C14H20N2O3. The zero-order valence-corrected chi connectivity index (χ0v) is 11.8. The predicted molar refractivity (Wildman–Crippen MR) is 71.7 cm³/mol. The van der Waals surface area contributed by atoms with E-state index in [9.17, 15) is 4.79 Å². The molecular weight excluding hydrogens is 244 g/mol. The second-order valence-corrected chi connectivity index (χ2v) is 5.18. The third-order valence-corrected chi connectivity index (χ3v) is 2.66. The molecule has 1 amide bonds. The van der Waals surface area contributed by atoms with Crippen molar-refractivity contribution in [2.24, 2.45) is 0 Å². The molecule has 0 unspecified atom stereocenters.